The highest BCUT2D eigenvalue weighted by atomic mass is 16.6. The number of nitrogens with zero attached hydrogens (tertiary/aromatic N) is 1. The number of hydrogen-bond acceptors (Lipinski definition) is 4. The lowest BCUT2D eigenvalue weighted by Crippen LogP contribution is -2.47. The average molecular weight is 354 g/mol. The molecule has 1 saturated heterocycles. The summed E-state index contributed by atoms with van der Waals surface area (Å²) in [5, 5.41) is 12.8. The van der Waals surface area contributed by atoms with Crippen LogP contribution < -0.4 is 10.1 Å². The molecule has 26 heavy (non-hydrogen) atoms. The van der Waals surface area contributed by atoms with Crippen molar-refractivity contribution in [2.24, 2.45) is 0 Å². The van der Waals surface area contributed by atoms with Crippen molar-refractivity contribution in [3.63, 3.8) is 0 Å². The van der Waals surface area contributed by atoms with Gasteiger partial charge in [-0.1, -0.05) is 48.5 Å². The second-order valence-electron chi connectivity index (χ2n) is 6.27. The molecule has 3 rings (SSSR count). The van der Waals surface area contributed by atoms with Gasteiger partial charge in [0.2, 0.25) is 5.91 Å². The van der Waals surface area contributed by atoms with Crippen LogP contribution in [0.25, 0.3) is 0 Å². The first kappa shape index (κ1) is 17.9. The standard InChI is InChI=1S/C20H22N2O4/c23-16-13-18(19(24)21-12-11-15-7-3-1-4-8-15)22(14-16)20(25)26-17-9-5-2-6-10-17/h1-10,16,18,23H,11-14H2,(H,21,24)/t16-,18-/m0/s1. The normalized spacial score (nSPS) is 19.2. The number of ether oxygens (including phenoxy) is 1. The van der Waals surface area contributed by atoms with E-state index in [-0.39, 0.29) is 18.9 Å². The molecule has 1 aliphatic rings. The van der Waals surface area contributed by atoms with E-state index in [2.05, 4.69) is 5.32 Å². The highest BCUT2D eigenvalue weighted by molar-refractivity contribution is 5.86. The maximum Gasteiger partial charge on any atom is 0.416 e. The number of carbonyl (C=O) groups excluding carboxylic acids is 2. The topological polar surface area (TPSA) is 78.9 Å². The molecule has 0 unspecified atom stereocenters. The number of carbonyl (C=O) groups is 2. The number of aliphatic hydroxyl groups excluding tert-OH is 1. The number of benzene rings is 2. The van der Waals surface area contributed by atoms with Crippen LogP contribution in [0.5, 0.6) is 5.75 Å². The first-order valence-corrected chi connectivity index (χ1v) is 8.66. The van der Waals surface area contributed by atoms with E-state index in [0.29, 0.717) is 18.7 Å². The number of rotatable bonds is 5. The molecular weight excluding hydrogens is 332 g/mol. The second kappa shape index (κ2) is 8.49. The predicted molar refractivity (Wildman–Crippen MR) is 96.7 cm³/mol. The minimum Gasteiger partial charge on any atom is -0.410 e. The summed E-state index contributed by atoms with van der Waals surface area (Å²) < 4.78 is 5.30. The van der Waals surface area contributed by atoms with E-state index in [1.807, 2.05) is 36.4 Å². The summed E-state index contributed by atoms with van der Waals surface area (Å²) in [5.74, 6) is 0.129. The van der Waals surface area contributed by atoms with Crippen molar-refractivity contribution in [1.82, 2.24) is 10.2 Å². The first-order valence-electron chi connectivity index (χ1n) is 8.66. The molecule has 0 spiro atoms. The Labute approximate surface area is 152 Å². The molecule has 2 aromatic rings. The fourth-order valence-corrected chi connectivity index (χ4v) is 3.00. The van der Waals surface area contributed by atoms with Crippen LogP contribution in [0.4, 0.5) is 4.79 Å². The van der Waals surface area contributed by atoms with Gasteiger partial charge in [0, 0.05) is 13.0 Å². The molecule has 136 valence electrons. The fourth-order valence-electron chi connectivity index (χ4n) is 3.00. The first-order chi connectivity index (χ1) is 12.6. The van der Waals surface area contributed by atoms with E-state index in [0.717, 1.165) is 5.56 Å². The molecule has 0 bridgehead atoms. The van der Waals surface area contributed by atoms with Crippen molar-refractivity contribution in [2.45, 2.75) is 25.0 Å². The number of likely N-dealkylation sites (tertiary alicyclic amines) is 1. The van der Waals surface area contributed by atoms with Crippen LogP contribution >= 0.6 is 0 Å². The minimum absolute atomic E-state index is 0.0858. The van der Waals surface area contributed by atoms with Gasteiger partial charge in [-0.25, -0.2) is 4.79 Å². The Kier molecular flexibility index (Phi) is 5.86. The van der Waals surface area contributed by atoms with Gasteiger partial charge < -0.3 is 15.2 Å². The fraction of sp³-hybridized carbons (Fsp3) is 0.300. The monoisotopic (exact) mass is 354 g/mol. The van der Waals surface area contributed by atoms with Crippen LogP contribution in [0.2, 0.25) is 0 Å². The van der Waals surface area contributed by atoms with E-state index in [4.69, 9.17) is 4.74 Å². The highest BCUT2D eigenvalue weighted by Gasteiger charge is 2.39. The molecule has 1 heterocycles. The molecule has 0 aliphatic carbocycles. The Bertz CT molecular complexity index is 736. The maximum atomic E-state index is 12.5. The van der Waals surface area contributed by atoms with Crippen molar-refractivity contribution in [1.29, 1.82) is 0 Å². The van der Waals surface area contributed by atoms with E-state index < -0.39 is 18.2 Å². The van der Waals surface area contributed by atoms with Gasteiger partial charge in [-0.05, 0) is 24.1 Å². The van der Waals surface area contributed by atoms with Gasteiger partial charge in [0.1, 0.15) is 11.8 Å². The van der Waals surface area contributed by atoms with Gasteiger partial charge in [-0.15, -0.1) is 0 Å². The van der Waals surface area contributed by atoms with Gasteiger partial charge in [0.05, 0.1) is 12.6 Å². The number of hydrogen-bond donors (Lipinski definition) is 2. The number of β-amino-alcohol motifs (C(OH)–C–C–N with tert-alkyl or cyclic N) is 1. The third-order valence-corrected chi connectivity index (χ3v) is 4.32. The van der Waals surface area contributed by atoms with Gasteiger partial charge in [0.25, 0.3) is 0 Å². The molecule has 6 heteroatoms. The van der Waals surface area contributed by atoms with Crippen LogP contribution in [0, 0.1) is 0 Å². The summed E-state index contributed by atoms with van der Waals surface area (Å²) in [4.78, 5) is 26.1. The van der Waals surface area contributed by atoms with Crippen LogP contribution in [0.1, 0.15) is 12.0 Å². The molecular formula is C20H22N2O4. The molecule has 0 saturated carbocycles. The summed E-state index contributed by atoms with van der Waals surface area (Å²) in [5.41, 5.74) is 1.12. The summed E-state index contributed by atoms with van der Waals surface area (Å²) >= 11 is 0. The molecule has 2 N–H and O–H groups in total. The Morgan fingerprint density at radius 1 is 1.08 bits per heavy atom. The Morgan fingerprint density at radius 3 is 2.42 bits per heavy atom. The lowest BCUT2D eigenvalue weighted by molar-refractivity contribution is -0.124. The van der Waals surface area contributed by atoms with Crippen LogP contribution in [0.3, 0.4) is 0 Å². The molecule has 6 nitrogen and oxygen atoms in total. The van der Waals surface area contributed by atoms with Crippen LogP contribution in [0.15, 0.2) is 60.7 Å². The number of nitrogens with one attached hydrogen (secondary N) is 1. The van der Waals surface area contributed by atoms with E-state index in [9.17, 15) is 14.7 Å². The van der Waals surface area contributed by atoms with Gasteiger partial charge in [-0.2, -0.15) is 0 Å². The Balaban J connectivity index is 1.56. The molecule has 0 aromatic heterocycles. The zero-order chi connectivity index (χ0) is 18.4. The van der Waals surface area contributed by atoms with E-state index >= 15 is 0 Å². The zero-order valence-corrected chi connectivity index (χ0v) is 14.4. The quantitative estimate of drug-likeness (QED) is 0.861. The third-order valence-electron chi connectivity index (χ3n) is 4.32. The number of aliphatic hydroxyl groups is 1. The Hall–Kier alpha value is -2.86. The van der Waals surface area contributed by atoms with Crippen molar-refractivity contribution >= 4 is 12.0 Å². The lowest BCUT2D eigenvalue weighted by atomic mass is 10.1. The SMILES string of the molecule is O=C(NCCc1ccccc1)[C@@H]1C[C@H](O)CN1C(=O)Oc1ccccc1. The molecule has 1 fully saturated rings. The summed E-state index contributed by atoms with van der Waals surface area (Å²) in [6, 6.07) is 17.8. The predicted octanol–water partition coefficient (Wildman–Crippen LogP) is 1.98. The van der Waals surface area contributed by atoms with Gasteiger partial charge in [-0.3, -0.25) is 9.69 Å². The summed E-state index contributed by atoms with van der Waals surface area (Å²) in [6.07, 6.45) is -0.448. The van der Waals surface area contributed by atoms with Crippen molar-refractivity contribution in [3.05, 3.63) is 66.2 Å². The molecule has 2 aromatic carbocycles. The van der Waals surface area contributed by atoms with Gasteiger partial charge in [0.15, 0.2) is 0 Å². The Morgan fingerprint density at radius 2 is 1.73 bits per heavy atom. The van der Waals surface area contributed by atoms with Crippen LogP contribution in [-0.4, -0.2) is 47.2 Å². The third kappa shape index (κ3) is 4.61. The van der Waals surface area contributed by atoms with Crippen molar-refractivity contribution in [3.8, 4) is 5.75 Å². The largest absolute Gasteiger partial charge is 0.416 e. The molecule has 2 atom stereocenters. The lowest BCUT2D eigenvalue weighted by Gasteiger charge is -2.22. The smallest absolute Gasteiger partial charge is 0.410 e. The van der Waals surface area contributed by atoms with Crippen molar-refractivity contribution in [2.75, 3.05) is 13.1 Å². The molecule has 1 aliphatic heterocycles. The molecule has 2 amide bonds. The van der Waals surface area contributed by atoms with E-state index in [1.54, 1.807) is 24.3 Å². The number of amides is 2. The number of para-hydroxylation sites is 1. The van der Waals surface area contributed by atoms with Crippen molar-refractivity contribution < 1.29 is 19.4 Å². The average Bonchev–Trinajstić information content (AvgIpc) is 3.05. The zero-order valence-electron chi connectivity index (χ0n) is 14.4. The maximum absolute atomic E-state index is 12.5. The van der Waals surface area contributed by atoms with E-state index in [1.165, 1.54) is 4.90 Å². The molecule has 0 radical (unpaired) electrons. The van der Waals surface area contributed by atoms with Crippen LogP contribution in [-0.2, 0) is 11.2 Å². The summed E-state index contributed by atoms with van der Waals surface area (Å²) in [6.45, 7) is 0.555. The summed E-state index contributed by atoms with van der Waals surface area (Å²) in [7, 11) is 0. The second-order valence-corrected chi connectivity index (χ2v) is 6.27. The highest BCUT2D eigenvalue weighted by Crippen LogP contribution is 2.20. The minimum atomic E-state index is -0.733. The van der Waals surface area contributed by atoms with Gasteiger partial charge >= 0.3 is 6.09 Å².